The number of carbonyl (C=O) groups is 2. The summed E-state index contributed by atoms with van der Waals surface area (Å²) < 4.78 is 5.15. The predicted molar refractivity (Wildman–Crippen MR) is 69.2 cm³/mol. The van der Waals surface area contributed by atoms with Gasteiger partial charge in [-0.05, 0) is 39.7 Å². The summed E-state index contributed by atoms with van der Waals surface area (Å²) in [6, 6.07) is 0. The maximum Gasteiger partial charge on any atom is 0.408 e. The first-order valence-electron chi connectivity index (χ1n) is 6.05. The molecular weight excluding hydrogens is 232 g/mol. The van der Waals surface area contributed by atoms with Crippen molar-refractivity contribution in [3.05, 3.63) is 12.3 Å². The van der Waals surface area contributed by atoms with E-state index in [1.165, 1.54) is 6.08 Å². The third-order valence-electron chi connectivity index (χ3n) is 2.49. The van der Waals surface area contributed by atoms with Crippen LogP contribution in [0.3, 0.4) is 0 Å². The van der Waals surface area contributed by atoms with Crippen LogP contribution in [0.1, 0.15) is 33.6 Å². The molecule has 18 heavy (non-hydrogen) atoms. The van der Waals surface area contributed by atoms with Gasteiger partial charge in [-0.3, -0.25) is 4.79 Å². The van der Waals surface area contributed by atoms with Crippen molar-refractivity contribution in [3.63, 3.8) is 0 Å². The Hall–Kier alpha value is -1.52. The number of hydrogen-bond acceptors (Lipinski definition) is 4. The van der Waals surface area contributed by atoms with Gasteiger partial charge in [-0.25, -0.2) is 4.79 Å². The van der Waals surface area contributed by atoms with E-state index in [2.05, 4.69) is 5.32 Å². The Morgan fingerprint density at radius 1 is 1.28 bits per heavy atom. The van der Waals surface area contributed by atoms with Crippen molar-refractivity contribution < 1.29 is 14.3 Å². The average molecular weight is 254 g/mol. The van der Waals surface area contributed by atoms with Gasteiger partial charge < -0.3 is 15.0 Å². The maximum atomic E-state index is 11.9. The number of ether oxygens (including phenoxy) is 1. The van der Waals surface area contributed by atoms with Gasteiger partial charge in [0.2, 0.25) is 0 Å². The van der Waals surface area contributed by atoms with Crippen molar-refractivity contribution in [2.24, 2.45) is 0 Å². The van der Waals surface area contributed by atoms with Crippen LogP contribution in [-0.2, 0) is 9.53 Å². The number of rotatable bonds is 4. The summed E-state index contributed by atoms with van der Waals surface area (Å²) in [7, 11) is 3.68. The van der Waals surface area contributed by atoms with Gasteiger partial charge in [-0.15, -0.1) is 0 Å². The molecule has 1 rings (SSSR count). The zero-order chi connectivity index (χ0) is 14.0. The number of alkyl carbamates (subject to hydrolysis) is 1. The topological polar surface area (TPSA) is 58.6 Å². The molecule has 0 bridgehead atoms. The zero-order valence-corrected chi connectivity index (χ0v) is 11.7. The summed E-state index contributed by atoms with van der Waals surface area (Å²) >= 11 is 0. The summed E-state index contributed by atoms with van der Waals surface area (Å²) in [4.78, 5) is 25.4. The van der Waals surface area contributed by atoms with E-state index in [0.29, 0.717) is 12.8 Å². The lowest BCUT2D eigenvalue weighted by Crippen LogP contribution is -2.45. The Bertz CT molecular complexity index is 363. The minimum Gasteiger partial charge on any atom is -0.444 e. The van der Waals surface area contributed by atoms with E-state index in [1.54, 1.807) is 31.9 Å². The van der Waals surface area contributed by atoms with Crippen molar-refractivity contribution in [2.75, 3.05) is 14.1 Å². The molecule has 1 aliphatic carbocycles. The Morgan fingerprint density at radius 3 is 2.22 bits per heavy atom. The lowest BCUT2D eigenvalue weighted by atomic mass is 10.1. The number of amides is 1. The van der Waals surface area contributed by atoms with Crippen LogP contribution in [0.2, 0.25) is 0 Å². The van der Waals surface area contributed by atoms with Crippen LogP contribution in [0.25, 0.3) is 0 Å². The fraction of sp³-hybridized carbons (Fsp3) is 0.692. The summed E-state index contributed by atoms with van der Waals surface area (Å²) in [5.74, 6) is -0.0814. The SMILES string of the molecule is CN(C)/C=C/C(=O)C1(NC(=O)OC(C)(C)C)CC1. The number of hydrogen-bond donors (Lipinski definition) is 1. The second kappa shape index (κ2) is 5.00. The van der Waals surface area contributed by atoms with Crippen molar-refractivity contribution in [3.8, 4) is 0 Å². The number of nitrogens with zero attached hydrogens (tertiary/aromatic N) is 1. The lowest BCUT2D eigenvalue weighted by Gasteiger charge is -2.22. The lowest BCUT2D eigenvalue weighted by molar-refractivity contribution is -0.117. The maximum absolute atomic E-state index is 11.9. The quantitative estimate of drug-likeness (QED) is 0.776. The molecule has 102 valence electrons. The van der Waals surface area contributed by atoms with E-state index < -0.39 is 17.2 Å². The number of nitrogens with one attached hydrogen (secondary N) is 1. The molecule has 0 spiro atoms. The normalized spacial score (nSPS) is 17.4. The monoisotopic (exact) mass is 254 g/mol. The molecule has 1 amide bonds. The molecule has 1 N–H and O–H groups in total. The van der Waals surface area contributed by atoms with Gasteiger partial charge in [0, 0.05) is 20.3 Å². The molecular formula is C13H22N2O3. The van der Waals surface area contributed by atoms with Gasteiger partial charge in [0.15, 0.2) is 5.78 Å². The summed E-state index contributed by atoms with van der Waals surface area (Å²) in [5.41, 5.74) is -1.29. The minimum atomic E-state index is -0.741. The molecule has 5 nitrogen and oxygen atoms in total. The molecule has 1 saturated carbocycles. The van der Waals surface area contributed by atoms with E-state index in [9.17, 15) is 9.59 Å². The van der Waals surface area contributed by atoms with Gasteiger partial charge >= 0.3 is 6.09 Å². The Balaban J connectivity index is 2.56. The van der Waals surface area contributed by atoms with E-state index >= 15 is 0 Å². The Morgan fingerprint density at radius 2 is 1.83 bits per heavy atom. The summed E-state index contributed by atoms with van der Waals surface area (Å²) in [6.07, 6.45) is 3.97. The molecule has 0 unspecified atom stereocenters. The summed E-state index contributed by atoms with van der Waals surface area (Å²) in [6.45, 7) is 5.37. The molecule has 0 aromatic heterocycles. The van der Waals surface area contributed by atoms with Gasteiger partial charge in [0.25, 0.3) is 0 Å². The largest absolute Gasteiger partial charge is 0.444 e. The smallest absolute Gasteiger partial charge is 0.408 e. The molecule has 0 aromatic rings. The third-order valence-corrected chi connectivity index (χ3v) is 2.49. The molecule has 0 aliphatic heterocycles. The van der Waals surface area contributed by atoms with Crippen molar-refractivity contribution in [1.82, 2.24) is 10.2 Å². The average Bonchev–Trinajstić information content (AvgIpc) is 2.91. The second-order valence-electron chi connectivity index (χ2n) is 5.85. The van der Waals surface area contributed by atoms with Gasteiger partial charge in [0.05, 0.1) is 0 Å². The molecule has 0 saturated heterocycles. The van der Waals surface area contributed by atoms with Gasteiger partial charge in [-0.1, -0.05) is 0 Å². The number of carbonyl (C=O) groups excluding carboxylic acids is 2. The van der Waals surface area contributed by atoms with Gasteiger partial charge in [0.1, 0.15) is 11.1 Å². The van der Waals surface area contributed by atoms with Crippen LogP contribution in [0.5, 0.6) is 0 Å². The molecule has 1 aliphatic rings. The van der Waals surface area contributed by atoms with E-state index in [1.807, 2.05) is 14.1 Å². The van der Waals surface area contributed by atoms with Crippen molar-refractivity contribution >= 4 is 11.9 Å². The van der Waals surface area contributed by atoms with E-state index in [-0.39, 0.29) is 5.78 Å². The highest BCUT2D eigenvalue weighted by Gasteiger charge is 2.50. The van der Waals surface area contributed by atoms with Crippen LogP contribution >= 0.6 is 0 Å². The fourth-order valence-corrected chi connectivity index (χ4v) is 1.43. The molecule has 0 atom stereocenters. The van der Waals surface area contributed by atoms with Crippen molar-refractivity contribution in [2.45, 2.75) is 44.8 Å². The minimum absolute atomic E-state index is 0.0814. The fourth-order valence-electron chi connectivity index (χ4n) is 1.43. The highest BCUT2D eigenvalue weighted by molar-refractivity contribution is 6.02. The van der Waals surface area contributed by atoms with Crippen LogP contribution in [0, 0.1) is 0 Å². The first-order valence-corrected chi connectivity index (χ1v) is 6.05. The standard InChI is InChI=1S/C13H22N2O3/c1-12(2,3)18-11(17)14-13(7-8-13)10(16)6-9-15(4)5/h6,9H,7-8H2,1-5H3,(H,14,17)/b9-6+. The van der Waals surface area contributed by atoms with Crippen molar-refractivity contribution in [1.29, 1.82) is 0 Å². The molecule has 1 fully saturated rings. The Labute approximate surface area is 108 Å². The highest BCUT2D eigenvalue weighted by Crippen LogP contribution is 2.37. The second-order valence-corrected chi connectivity index (χ2v) is 5.85. The van der Waals surface area contributed by atoms with E-state index in [4.69, 9.17) is 4.74 Å². The first kappa shape index (κ1) is 14.5. The zero-order valence-electron chi connectivity index (χ0n) is 11.7. The van der Waals surface area contributed by atoms with Crippen LogP contribution < -0.4 is 5.32 Å². The molecule has 0 heterocycles. The molecule has 5 heteroatoms. The Kier molecular flexibility index (Phi) is 4.04. The van der Waals surface area contributed by atoms with Crippen LogP contribution in [-0.4, -0.2) is 42.0 Å². The van der Waals surface area contributed by atoms with Gasteiger partial charge in [-0.2, -0.15) is 0 Å². The van der Waals surface area contributed by atoms with Crippen LogP contribution in [0.4, 0.5) is 4.79 Å². The molecule has 0 aromatic carbocycles. The van der Waals surface area contributed by atoms with Crippen LogP contribution in [0.15, 0.2) is 12.3 Å². The summed E-state index contributed by atoms with van der Waals surface area (Å²) in [5, 5.41) is 2.67. The third kappa shape index (κ3) is 4.39. The highest BCUT2D eigenvalue weighted by atomic mass is 16.6. The first-order chi connectivity index (χ1) is 8.15. The molecule has 0 radical (unpaired) electrons. The van der Waals surface area contributed by atoms with E-state index in [0.717, 1.165) is 0 Å². The number of ketones is 1. The predicted octanol–water partition coefficient (Wildman–Crippen LogP) is 1.69.